The van der Waals surface area contributed by atoms with E-state index in [2.05, 4.69) is 15.2 Å². The van der Waals surface area contributed by atoms with Crippen molar-refractivity contribution >= 4 is 17.6 Å². The van der Waals surface area contributed by atoms with Crippen molar-refractivity contribution in [1.82, 2.24) is 15.2 Å². The van der Waals surface area contributed by atoms with Gasteiger partial charge in [-0.15, -0.1) is 10.2 Å². The molecule has 0 spiro atoms. The van der Waals surface area contributed by atoms with Crippen LogP contribution in [0.1, 0.15) is 51.3 Å². The smallest absolute Gasteiger partial charge is 0.306 e. The lowest BCUT2D eigenvalue weighted by atomic mass is 9.81. The van der Waals surface area contributed by atoms with E-state index in [4.69, 9.17) is 20.8 Å². The molecule has 8 heteroatoms. The predicted molar refractivity (Wildman–Crippen MR) is 90.6 cm³/mol. The molecule has 0 radical (unpaired) electrons. The van der Waals surface area contributed by atoms with Gasteiger partial charge in [-0.25, -0.2) is 4.98 Å². The number of aliphatic carboxylic acids is 1. The average molecular weight is 366 g/mol. The molecule has 134 valence electrons. The third-order valence-electron chi connectivity index (χ3n) is 4.21. The van der Waals surface area contributed by atoms with Gasteiger partial charge in [0, 0.05) is 12.1 Å². The Labute approximate surface area is 150 Å². The summed E-state index contributed by atoms with van der Waals surface area (Å²) in [5.41, 5.74) is 0.533. The Balaban J connectivity index is 1.86. The number of carbonyl (C=O) groups is 1. The van der Waals surface area contributed by atoms with Crippen molar-refractivity contribution < 1.29 is 19.1 Å². The summed E-state index contributed by atoms with van der Waals surface area (Å²) in [6.07, 6.45) is 4.31. The highest BCUT2D eigenvalue weighted by Gasteiger charge is 2.31. The van der Waals surface area contributed by atoms with Gasteiger partial charge in [0.2, 0.25) is 11.8 Å². The van der Waals surface area contributed by atoms with Gasteiger partial charge in [-0.05, 0) is 39.2 Å². The second-order valence-electron chi connectivity index (χ2n) is 6.52. The maximum absolute atomic E-state index is 11.2. The van der Waals surface area contributed by atoms with E-state index in [1.807, 2.05) is 13.8 Å². The van der Waals surface area contributed by atoms with Gasteiger partial charge in [0.15, 0.2) is 0 Å². The summed E-state index contributed by atoms with van der Waals surface area (Å²) >= 11 is 6.04. The Bertz CT molecular complexity index is 762. The second-order valence-corrected chi connectivity index (χ2v) is 6.95. The van der Waals surface area contributed by atoms with Crippen molar-refractivity contribution in [1.29, 1.82) is 0 Å². The molecule has 1 aliphatic rings. The van der Waals surface area contributed by atoms with Crippen molar-refractivity contribution in [3.63, 3.8) is 0 Å². The zero-order valence-corrected chi connectivity index (χ0v) is 14.9. The summed E-state index contributed by atoms with van der Waals surface area (Å²) in [7, 11) is 0. The van der Waals surface area contributed by atoms with E-state index in [1.165, 1.54) is 6.20 Å². The van der Waals surface area contributed by atoms with Crippen LogP contribution in [0.2, 0.25) is 5.02 Å². The number of ether oxygens (including phenoxy) is 1. The third kappa shape index (κ3) is 4.10. The molecule has 25 heavy (non-hydrogen) atoms. The number of aromatic nitrogens is 3. The van der Waals surface area contributed by atoms with Crippen molar-refractivity contribution in [2.45, 2.75) is 51.6 Å². The summed E-state index contributed by atoms with van der Waals surface area (Å²) in [5.74, 6) is -0.0632. The topological polar surface area (TPSA) is 98.3 Å². The van der Waals surface area contributed by atoms with Crippen molar-refractivity contribution in [2.75, 3.05) is 0 Å². The minimum Gasteiger partial charge on any atom is -0.481 e. The van der Waals surface area contributed by atoms with Crippen LogP contribution in [0.25, 0.3) is 11.5 Å². The van der Waals surface area contributed by atoms with E-state index >= 15 is 0 Å². The molecule has 0 aliphatic heterocycles. The van der Waals surface area contributed by atoms with Crippen LogP contribution in [0.4, 0.5) is 0 Å². The SMILES string of the molecule is CC(C)Oc1ncc(Cl)cc1-c1nnc(C2CCCC(C(=O)O)C2)o1. The van der Waals surface area contributed by atoms with Crippen LogP contribution in [0, 0.1) is 5.92 Å². The number of carboxylic acids is 1. The number of hydrogen-bond donors (Lipinski definition) is 1. The Morgan fingerprint density at radius 2 is 2.20 bits per heavy atom. The standard InChI is InChI=1S/C17H20ClN3O4/c1-9(2)24-15-13(7-12(18)8-19-15)16-21-20-14(25-16)10-4-3-5-11(6-10)17(22)23/h7-11H,3-6H2,1-2H3,(H,22,23). The Morgan fingerprint density at radius 1 is 1.40 bits per heavy atom. The van der Waals surface area contributed by atoms with Crippen LogP contribution < -0.4 is 4.74 Å². The fraction of sp³-hybridized carbons (Fsp3) is 0.529. The van der Waals surface area contributed by atoms with E-state index in [0.29, 0.717) is 35.2 Å². The molecule has 0 amide bonds. The summed E-state index contributed by atoms with van der Waals surface area (Å²) in [6.45, 7) is 3.79. The summed E-state index contributed by atoms with van der Waals surface area (Å²) in [6, 6.07) is 1.67. The molecule has 1 N–H and O–H groups in total. The molecule has 0 aromatic carbocycles. The first-order chi connectivity index (χ1) is 11.9. The highest BCUT2D eigenvalue weighted by molar-refractivity contribution is 6.30. The van der Waals surface area contributed by atoms with Crippen molar-refractivity contribution in [2.24, 2.45) is 5.92 Å². The fourth-order valence-corrected chi connectivity index (χ4v) is 3.20. The van der Waals surface area contributed by atoms with E-state index in [-0.39, 0.29) is 23.8 Å². The molecule has 2 atom stereocenters. The Kier molecular flexibility index (Phi) is 5.22. The van der Waals surface area contributed by atoms with Gasteiger partial charge >= 0.3 is 5.97 Å². The molecule has 3 rings (SSSR count). The zero-order valence-electron chi connectivity index (χ0n) is 14.1. The molecule has 2 aromatic rings. The Hall–Kier alpha value is -2.15. The van der Waals surface area contributed by atoms with Crippen LogP contribution in [0.15, 0.2) is 16.7 Å². The summed E-state index contributed by atoms with van der Waals surface area (Å²) < 4.78 is 11.5. The zero-order chi connectivity index (χ0) is 18.0. The van der Waals surface area contributed by atoms with Gasteiger partial charge in [-0.1, -0.05) is 18.0 Å². The number of hydrogen-bond acceptors (Lipinski definition) is 6. The average Bonchev–Trinajstić information content (AvgIpc) is 3.06. The van der Waals surface area contributed by atoms with E-state index in [0.717, 1.165) is 12.8 Å². The van der Waals surface area contributed by atoms with Gasteiger partial charge in [0.25, 0.3) is 5.89 Å². The maximum Gasteiger partial charge on any atom is 0.306 e. The molecular weight excluding hydrogens is 346 g/mol. The van der Waals surface area contributed by atoms with Crippen molar-refractivity contribution in [3.05, 3.63) is 23.2 Å². The molecular formula is C17H20ClN3O4. The quantitative estimate of drug-likeness (QED) is 0.856. The summed E-state index contributed by atoms with van der Waals surface area (Å²) in [4.78, 5) is 15.4. The van der Waals surface area contributed by atoms with Gasteiger partial charge in [0.1, 0.15) is 5.56 Å². The monoisotopic (exact) mass is 365 g/mol. The van der Waals surface area contributed by atoms with Gasteiger partial charge in [-0.3, -0.25) is 4.79 Å². The number of pyridine rings is 1. The van der Waals surface area contributed by atoms with Gasteiger partial charge in [-0.2, -0.15) is 0 Å². The van der Waals surface area contributed by atoms with E-state index in [1.54, 1.807) is 6.07 Å². The minimum atomic E-state index is -0.768. The number of rotatable bonds is 5. The highest BCUT2D eigenvalue weighted by atomic mass is 35.5. The lowest BCUT2D eigenvalue weighted by Gasteiger charge is -2.23. The molecule has 0 bridgehead atoms. The predicted octanol–water partition coefficient (Wildman–Crippen LogP) is 3.93. The third-order valence-corrected chi connectivity index (χ3v) is 4.42. The molecule has 2 heterocycles. The van der Waals surface area contributed by atoms with Crippen LogP contribution in [0.5, 0.6) is 5.88 Å². The Morgan fingerprint density at radius 3 is 2.92 bits per heavy atom. The fourth-order valence-electron chi connectivity index (χ4n) is 3.04. The molecule has 1 fully saturated rings. The number of nitrogens with zero attached hydrogens (tertiary/aromatic N) is 3. The minimum absolute atomic E-state index is 0.0438. The first-order valence-corrected chi connectivity index (χ1v) is 8.70. The largest absolute Gasteiger partial charge is 0.481 e. The van der Waals surface area contributed by atoms with Crippen LogP contribution >= 0.6 is 11.6 Å². The summed E-state index contributed by atoms with van der Waals surface area (Å²) in [5, 5.41) is 17.9. The first-order valence-electron chi connectivity index (χ1n) is 8.32. The molecule has 2 aromatic heterocycles. The highest BCUT2D eigenvalue weighted by Crippen LogP contribution is 2.38. The van der Waals surface area contributed by atoms with Gasteiger partial charge in [0.05, 0.1) is 17.0 Å². The molecule has 0 saturated heterocycles. The van der Waals surface area contributed by atoms with Gasteiger partial charge < -0.3 is 14.3 Å². The number of carboxylic acid groups (broad SMARTS) is 1. The molecule has 2 unspecified atom stereocenters. The second kappa shape index (κ2) is 7.39. The normalized spacial score (nSPS) is 20.6. The van der Waals surface area contributed by atoms with Crippen LogP contribution in [0.3, 0.4) is 0 Å². The van der Waals surface area contributed by atoms with Crippen LogP contribution in [-0.4, -0.2) is 32.4 Å². The maximum atomic E-state index is 11.2. The van der Waals surface area contributed by atoms with Crippen LogP contribution in [-0.2, 0) is 4.79 Å². The van der Waals surface area contributed by atoms with E-state index in [9.17, 15) is 9.90 Å². The lowest BCUT2D eigenvalue weighted by molar-refractivity contribution is -0.143. The van der Waals surface area contributed by atoms with Crippen molar-refractivity contribution in [3.8, 4) is 17.3 Å². The number of halogens is 1. The molecule has 1 aliphatic carbocycles. The first kappa shape index (κ1) is 17.7. The molecule has 7 nitrogen and oxygen atoms in total. The lowest BCUT2D eigenvalue weighted by Crippen LogP contribution is -2.21. The van der Waals surface area contributed by atoms with E-state index < -0.39 is 5.97 Å². The molecule has 1 saturated carbocycles.